The number of halogens is 1. The highest BCUT2D eigenvalue weighted by Gasteiger charge is 2.03. The van der Waals surface area contributed by atoms with Crippen molar-refractivity contribution in [3.8, 4) is 0 Å². The third-order valence-electron chi connectivity index (χ3n) is 1.16. The highest BCUT2D eigenvalue weighted by molar-refractivity contribution is 14.1. The van der Waals surface area contributed by atoms with Crippen LogP contribution in [0.25, 0.3) is 0 Å². The van der Waals surface area contributed by atoms with Gasteiger partial charge in [0.25, 0.3) is 0 Å². The standard InChI is InChI=1S/C6H8IN3O/c1-4-2-5(7)10(9-4)3-6(8)11/h2H,3H2,1H3,(H2,8,11). The van der Waals surface area contributed by atoms with E-state index in [0.717, 1.165) is 9.39 Å². The molecule has 0 unspecified atom stereocenters. The molecule has 0 saturated heterocycles. The van der Waals surface area contributed by atoms with Crippen molar-refractivity contribution in [1.82, 2.24) is 9.78 Å². The van der Waals surface area contributed by atoms with Crippen molar-refractivity contribution in [1.29, 1.82) is 0 Å². The Kier molecular flexibility index (Phi) is 2.48. The SMILES string of the molecule is Cc1cc(I)n(CC(N)=O)n1. The first-order valence-corrected chi connectivity index (χ1v) is 4.15. The van der Waals surface area contributed by atoms with E-state index in [4.69, 9.17) is 5.73 Å². The first kappa shape index (κ1) is 8.51. The van der Waals surface area contributed by atoms with Gasteiger partial charge in [-0.05, 0) is 35.6 Å². The normalized spacial score (nSPS) is 10.0. The van der Waals surface area contributed by atoms with Gasteiger partial charge in [0.1, 0.15) is 6.54 Å². The van der Waals surface area contributed by atoms with E-state index in [9.17, 15) is 4.79 Å². The summed E-state index contributed by atoms with van der Waals surface area (Å²) in [7, 11) is 0. The smallest absolute Gasteiger partial charge is 0.239 e. The Bertz CT molecular complexity index is 281. The number of amides is 1. The maximum Gasteiger partial charge on any atom is 0.239 e. The molecule has 0 spiro atoms. The molecule has 1 aromatic heterocycles. The van der Waals surface area contributed by atoms with Gasteiger partial charge in [-0.2, -0.15) is 5.10 Å². The molecule has 0 atom stereocenters. The number of hydrogen-bond donors (Lipinski definition) is 1. The van der Waals surface area contributed by atoms with Gasteiger partial charge in [0.15, 0.2) is 0 Å². The van der Waals surface area contributed by atoms with Crippen molar-refractivity contribution in [2.75, 3.05) is 0 Å². The minimum Gasteiger partial charge on any atom is -0.368 e. The van der Waals surface area contributed by atoms with E-state index in [-0.39, 0.29) is 12.5 Å². The Labute approximate surface area is 77.9 Å². The lowest BCUT2D eigenvalue weighted by atomic mass is 10.5. The minimum atomic E-state index is -0.369. The fourth-order valence-electron chi connectivity index (χ4n) is 0.772. The van der Waals surface area contributed by atoms with Crippen molar-refractivity contribution in [3.63, 3.8) is 0 Å². The van der Waals surface area contributed by atoms with Crippen LogP contribution in [-0.2, 0) is 11.3 Å². The molecule has 0 fully saturated rings. The Hall–Kier alpha value is -0.590. The van der Waals surface area contributed by atoms with Gasteiger partial charge in [-0.25, -0.2) is 4.68 Å². The molecule has 0 radical (unpaired) electrons. The van der Waals surface area contributed by atoms with E-state index in [1.807, 2.05) is 13.0 Å². The summed E-state index contributed by atoms with van der Waals surface area (Å²) in [4.78, 5) is 10.5. The summed E-state index contributed by atoms with van der Waals surface area (Å²) < 4.78 is 2.51. The van der Waals surface area contributed by atoms with Crippen LogP contribution >= 0.6 is 22.6 Å². The van der Waals surface area contributed by atoms with Crippen LogP contribution < -0.4 is 5.73 Å². The van der Waals surface area contributed by atoms with Crippen molar-refractivity contribution in [2.24, 2.45) is 5.73 Å². The molecule has 0 bridgehead atoms. The minimum absolute atomic E-state index is 0.159. The molecule has 0 aliphatic rings. The maximum absolute atomic E-state index is 10.5. The topological polar surface area (TPSA) is 60.9 Å². The number of carbonyl (C=O) groups is 1. The Balaban J connectivity index is 2.85. The number of nitrogens with two attached hydrogens (primary N) is 1. The molecule has 2 N–H and O–H groups in total. The number of primary amides is 1. The fourth-order valence-corrected chi connectivity index (χ4v) is 1.50. The zero-order chi connectivity index (χ0) is 8.43. The third kappa shape index (κ3) is 2.18. The van der Waals surface area contributed by atoms with Crippen molar-refractivity contribution in [2.45, 2.75) is 13.5 Å². The van der Waals surface area contributed by atoms with Crippen LogP contribution in [0.4, 0.5) is 0 Å². The predicted molar refractivity (Wildman–Crippen MR) is 48.9 cm³/mol. The molecule has 0 aliphatic heterocycles. The summed E-state index contributed by atoms with van der Waals surface area (Å²) in [6.45, 7) is 2.03. The zero-order valence-corrected chi connectivity index (χ0v) is 8.20. The average Bonchev–Trinajstić information content (AvgIpc) is 2.09. The van der Waals surface area contributed by atoms with Crippen molar-refractivity contribution < 1.29 is 4.79 Å². The molecule has 1 amide bonds. The summed E-state index contributed by atoms with van der Waals surface area (Å²) in [5, 5.41) is 4.06. The Morgan fingerprint density at radius 3 is 2.91 bits per heavy atom. The molecule has 11 heavy (non-hydrogen) atoms. The van der Waals surface area contributed by atoms with E-state index in [2.05, 4.69) is 27.7 Å². The van der Waals surface area contributed by atoms with Crippen LogP contribution in [0, 0.1) is 10.6 Å². The van der Waals surface area contributed by atoms with E-state index >= 15 is 0 Å². The second-order valence-electron chi connectivity index (χ2n) is 2.23. The van der Waals surface area contributed by atoms with Crippen molar-refractivity contribution in [3.05, 3.63) is 15.5 Å². The fraction of sp³-hybridized carbons (Fsp3) is 0.333. The van der Waals surface area contributed by atoms with Gasteiger partial charge in [0, 0.05) is 0 Å². The van der Waals surface area contributed by atoms with Gasteiger partial charge in [-0.15, -0.1) is 0 Å². The van der Waals surface area contributed by atoms with E-state index < -0.39 is 0 Å². The quantitative estimate of drug-likeness (QED) is 0.781. The Morgan fingerprint density at radius 2 is 2.55 bits per heavy atom. The van der Waals surface area contributed by atoms with E-state index in [1.165, 1.54) is 0 Å². The highest BCUT2D eigenvalue weighted by Crippen LogP contribution is 2.05. The molecule has 1 rings (SSSR count). The lowest BCUT2D eigenvalue weighted by Crippen LogP contribution is -2.20. The van der Waals surface area contributed by atoms with Crippen LogP contribution in [0.3, 0.4) is 0 Å². The average molecular weight is 265 g/mol. The second kappa shape index (κ2) is 3.21. The van der Waals surface area contributed by atoms with Gasteiger partial charge in [-0.1, -0.05) is 0 Å². The summed E-state index contributed by atoms with van der Waals surface area (Å²) in [5.41, 5.74) is 5.90. The van der Waals surface area contributed by atoms with Gasteiger partial charge < -0.3 is 5.73 Å². The second-order valence-corrected chi connectivity index (χ2v) is 3.34. The largest absolute Gasteiger partial charge is 0.368 e. The predicted octanol–water partition coefficient (Wildman–Crippen LogP) is 0.281. The summed E-state index contributed by atoms with van der Waals surface area (Å²) in [6.07, 6.45) is 0. The summed E-state index contributed by atoms with van der Waals surface area (Å²) in [6, 6.07) is 1.89. The maximum atomic E-state index is 10.5. The lowest BCUT2D eigenvalue weighted by Gasteiger charge is -1.97. The summed E-state index contributed by atoms with van der Waals surface area (Å²) >= 11 is 2.11. The molecule has 0 saturated carbocycles. The van der Waals surface area contributed by atoms with Crippen LogP contribution in [0.5, 0.6) is 0 Å². The first-order chi connectivity index (χ1) is 5.09. The molecular weight excluding hydrogens is 257 g/mol. The third-order valence-corrected chi connectivity index (χ3v) is 2.03. The van der Waals surface area contributed by atoms with E-state index in [1.54, 1.807) is 4.68 Å². The molecule has 0 aromatic carbocycles. The number of nitrogens with zero attached hydrogens (tertiary/aromatic N) is 2. The van der Waals surface area contributed by atoms with Gasteiger partial charge in [-0.3, -0.25) is 4.79 Å². The highest BCUT2D eigenvalue weighted by atomic mass is 127. The first-order valence-electron chi connectivity index (χ1n) is 3.08. The lowest BCUT2D eigenvalue weighted by molar-refractivity contribution is -0.118. The number of aromatic nitrogens is 2. The Morgan fingerprint density at radius 1 is 1.91 bits per heavy atom. The summed E-state index contributed by atoms with van der Waals surface area (Å²) in [5.74, 6) is -0.369. The van der Waals surface area contributed by atoms with Crippen LogP contribution in [0.1, 0.15) is 5.69 Å². The van der Waals surface area contributed by atoms with Crippen molar-refractivity contribution >= 4 is 28.5 Å². The van der Waals surface area contributed by atoms with E-state index in [0.29, 0.717) is 0 Å². The molecular formula is C6H8IN3O. The monoisotopic (exact) mass is 265 g/mol. The number of aryl methyl sites for hydroxylation is 1. The zero-order valence-electron chi connectivity index (χ0n) is 6.04. The van der Waals surface area contributed by atoms with Gasteiger partial charge in [0.05, 0.1) is 9.39 Å². The van der Waals surface area contributed by atoms with Crippen LogP contribution in [0.2, 0.25) is 0 Å². The molecule has 60 valence electrons. The molecule has 5 heteroatoms. The molecule has 1 heterocycles. The number of hydrogen-bond acceptors (Lipinski definition) is 2. The molecule has 1 aromatic rings. The van der Waals surface area contributed by atoms with Crippen LogP contribution in [0.15, 0.2) is 6.07 Å². The van der Waals surface area contributed by atoms with Crippen LogP contribution in [-0.4, -0.2) is 15.7 Å². The number of carbonyl (C=O) groups excluding carboxylic acids is 1. The molecule has 4 nitrogen and oxygen atoms in total. The van der Waals surface area contributed by atoms with Gasteiger partial charge in [0.2, 0.25) is 5.91 Å². The number of rotatable bonds is 2. The van der Waals surface area contributed by atoms with Gasteiger partial charge >= 0.3 is 0 Å². The molecule has 0 aliphatic carbocycles.